The molecule has 0 saturated carbocycles. The average molecular weight is 339 g/mol. The number of hydrogen-bond donors (Lipinski definition) is 1. The van der Waals surface area contributed by atoms with Crippen molar-refractivity contribution in [2.75, 3.05) is 26.2 Å². The van der Waals surface area contributed by atoms with Gasteiger partial charge in [-0.2, -0.15) is 0 Å². The van der Waals surface area contributed by atoms with Crippen molar-refractivity contribution in [2.24, 2.45) is 5.92 Å². The number of benzene rings is 1. The largest absolute Gasteiger partial charge is 0.310 e. The van der Waals surface area contributed by atoms with Crippen LogP contribution in [0.25, 0.3) is 0 Å². The highest BCUT2D eigenvalue weighted by atomic mass is 79.9. The van der Waals surface area contributed by atoms with E-state index in [1.165, 1.54) is 42.5 Å². The van der Waals surface area contributed by atoms with Crippen LogP contribution in [0.5, 0.6) is 0 Å². The van der Waals surface area contributed by atoms with Crippen LogP contribution in [0.15, 0.2) is 28.7 Å². The second-order valence-corrected chi connectivity index (χ2v) is 6.72. The maximum Gasteiger partial charge on any atom is 0.0318 e. The summed E-state index contributed by atoms with van der Waals surface area (Å²) in [4.78, 5) is 2.56. The molecule has 0 spiro atoms. The van der Waals surface area contributed by atoms with E-state index < -0.39 is 0 Å². The first-order valence-electron chi connectivity index (χ1n) is 7.94. The van der Waals surface area contributed by atoms with Gasteiger partial charge in [0, 0.05) is 10.5 Å². The Balaban J connectivity index is 1.82. The van der Waals surface area contributed by atoms with Crippen molar-refractivity contribution in [3.8, 4) is 0 Å². The van der Waals surface area contributed by atoms with Crippen molar-refractivity contribution >= 4 is 15.9 Å². The molecule has 1 aliphatic rings. The molecule has 1 N–H and O–H groups in total. The SMILES string of the molecule is CCC(NCC1CCN(CC)CC1)c1cccc(Br)c1. The maximum absolute atomic E-state index is 3.78. The van der Waals surface area contributed by atoms with E-state index in [9.17, 15) is 0 Å². The van der Waals surface area contributed by atoms with Crippen LogP contribution < -0.4 is 5.32 Å². The Morgan fingerprint density at radius 2 is 2.05 bits per heavy atom. The molecule has 0 amide bonds. The molecular formula is C17H27BrN2. The Bertz CT molecular complexity index is 400. The Kier molecular flexibility index (Phi) is 6.53. The molecule has 0 aliphatic carbocycles. The van der Waals surface area contributed by atoms with E-state index in [-0.39, 0.29) is 0 Å². The lowest BCUT2D eigenvalue weighted by Crippen LogP contribution is -2.37. The number of piperidine rings is 1. The fourth-order valence-corrected chi connectivity index (χ4v) is 3.45. The summed E-state index contributed by atoms with van der Waals surface area (Å²) in [7, 11) is 0. The molecule has 3 heteroatoms. The third-order valence-electron chi connectivity index (χ3n) is 4.47. The Labute approximate surface area is 132 Å². The van der Waals surface area contributed by atoms with Crippen molar-refractivity contribution < 1.29 is 0 Å². The van der Waals surface area contributed by atoms with Crippen LogP contribution in [0.1, 0.15) is 44.7 Å². The van der Waals surface area contributed by atoms with Crippen molar-refractivity contribution in [3.63, 3.8) is 0 Å². The Morgan fingerprint density at radius 3 is 2.65 bits per heavy atom. The van der Waals surface area contributed by atoms with E-state index in [1.54, 1.807) is 0 Å². The molecule has 0 bridgehead atoms. The molecule has 1 unspecified atom stereocenters. The zero-order valence-corrected chi connectivity index (χ0v) is 14.3. The van der Waals surface area contributed by atoms with Gasteiger partial charge >= 0.3 is 0 Å². The van der Waals surface area contributed by atoms with Gasteiger partial charge in [0.15, 0.2) is 0 Å². The van der Waals surface area contributed by atoms with Gasteiger partial charge < -0.3 is 10.2 Å². The van der Waals surface area contributed by atoms with Gasteiger partial charge in [0.25, 0.3) is 0 Å². The van der Waals surface area contributed by atoms with Gasteiger partial charge in [0.2, 0.25) is 0 Å². The Morgan fingerprint density at radius 1 is 1.30 bits per heavy atom. The fourth-order valence-electron chi connectivity index (χ4n) is 3.04. The van der Waals surface area contributed by atoms with E-state index in [0.29, 0.717) is 6.04 Å². The molecule has 1 saturated heterocycles. The van der Waals surface area contributed by atoms with Gasteiger partial charge in [-0.3, -0.25) is 0 Å². The number of halogens is 1. The van der Waals surface area contributed by atoms with Crippen LogP contribution in [0.4, 0.5) is 0 Å². The van der Waals surface area contributed by atoms with E-state index in [1.807, 2.05) is 0 Å². The summed E-state index contributed by atoms with van der Waals surface area (Å²) in [5.41, 5.74) is 1.40. The van der Waals surface area contributed by atoms with Crippen LogP contribution in [0.2, 0.25) is 0 Å². The van der Waals surface area contributed by atoms with Crippen molar-refractivity contribution in [1.29, 1.82) is 0 Å². The summed E-state index contributed by atoms with van der Waals surface area (Å²) in [5.74, 6) is 0.846. The minimum absolute atomic E-state index is 0.483. The van der Waals surface area contributed by atoms with Crippen LogP contribution >= 0.6 is 15.9 Å². The third-order valence-corrected chi connectivity index (χ3v) is 4.96. The van der Waals surface area contributed by atoms with E-state index in [0.717, 1.165) is 18.9 Å². The van der Waals surface area contributed by atoms with Gasteiger partial charge in [-0.05, 0) is 69.1 Å². The zero-order chi connectivity index (χ0) is 14.4. The number of rotatable bonds is 6. The zero-order valence-electron chi connectivity index (χ0n) is 12.7. The summed E-state index contributed by atoms with van der Waals surface area (Å²) in [6.07, 6.45) is 3.83. The van der Waals surface area contributed by atoms with Gasteiger partial charge in [0.05, 0.1) is 0 Å². The van der Waals surface area contributed by atoms with Gasteiger partial charge in [0.1, 0.15) is 0 Å². The van der Waals surface area contributed by atoms with E-state index in [4.69, 9.17) is 0 Å². The first-order chi connectivity index (χ1) is 9.72. The lowest BCUT2D eigenvalue weighted by atomic mass is 9.95. The summed E-state index contributed by atoms with van der Waals surface area (Å²) in [6, 6.07) is 9.17. The number of nitrogens with one attached hydrogen (secondary N) is 1. The monoisotopic (exact) mass is 338 g/mol. The molecule has 1 heterocycles. The molecule has 1 atom stereocenters. The molecule has 112 valence electrons. The minimum atomic E-state index is 0.483. The summed E-state index contributed by atoms with van der Waals surface area (Å²) in [5, 5.41) is 3.78. The van der Waals surface area contributed by atoms with Gasteiger partial charge in [-0.25, -0.2) is 0 Å². The molecular weight excluding hydrogens is 312 g/mol. The van der Waals surface area contributed by atoms with Gasteiger partial charge in [-0.1, -0.05) is 41.9 Å². The second-order valence-electron chi connectivity index (χ2n) is 5.80. The van der Waals surface area contributed by atoms with Crippen molar-refractivity contribution in [2.45, 2.75) is 39.2 Å². The number of hydrogen-bond acceptors (Lipinski definition) is 2. The molecule has 2 rings (SSSR count). The third kappa shape index (κ3) is 4.57. The topological polar surface area (TPSA) is 15.3 Å². The summed E-state index contributed by atoms with van der Waals surface area (Å²) < 4.78 is 1.17. The standard InChI is InChI=1S/C17H27BrN2/c1-3-17(15-6-5-7-16(18)12-15)19-13-14-8-10-20(4-2)11-9-14/h5-7,12,14,17,19H,3-4,8-11,13H2,1-2H3. The Hall–Kier alpha value is -0.380. The second kappa shape index (κ2) is 8.16. The van der Waals surface area contributed by atoms with E-state index in [2.05, 4.69) is 64.3 Å². The van der Waals surface area contributed by atoms with Crippen LogP contribution in [0, 0.1) is 5.92 Å². The molecule has 1 aromatic rings. The smallest absolute Gasteiger partial charge is 0.0318 e. The summed E-state index contributed by atoms with van der Waals surface area (Å²) >= 11 is 3.57. The maximum atomic E-state index is 3.78. The highest BCUT2D eigenvalue weighted by molar-refractivity contribution is 9.10. The average Bonchev–Trinajstić information content (AvgIpc) is 2.48. The minimum Gasteiger partial charge on any atom is -0.310 e. The van der Waals surface area contributed by atoms with Crippen molar-refractivity contribution in [1.82, 2.24) is 10.2 Å². The normalized spacial score (nSPS) is 19.1. The first kappa shape index (κ1) is 16.0. The highest BCUT2D eigenvalue weighted by Crippen LogP contribution is 2.22. The lowest BCUT2D eigenvalue weighted by molar-refractivity contribution is 0.187. The molecule has 0 aromatic heterocycles. The molecule has 1 fully saturated rings. The molecule has 0 radical (unpaired) electrons. The molecule has 1 aliphatic heterocycles. The van der Waals surface area contributed by atoms with E-state index >= 15 is 0 Å². The molecule has 20 heavy (non-hydrogen) atoms. The summed E-state index contributed by atoms with van der Waals surface area (Å²) in [6.45, 7) is 9.43. The molecule has 1 aromatic carbocycles. The highest BCUT2D eigenvalue weighted by Gasteiger charge is 2.19. The predicted molar refractivity (Wildman–Crippen MR) is 90.0 cm³/mol. The van der Waals surface area contributed by atoms with Crippen LogP contribution in [0.3, 0.4) is 0 Å². The quantitative estimate of drug-likeness (QED) is 0.835. The van der Waals surface area contributed by atoms with Crippen LogP contribution in [-0.4, -0.2) is 31.1 Å². The first-order valence-corrected chi connectivity index (χ1v) is 8.73. The number of nitrogens with zero attached hydrogens (tertiary/aromatic N) is 1. The fraction of sp³-hybridized carbons (Fsp3) is 0.647. The lowest BCUT2D eigenvalue weighted by Gasteiger charge is -2.32. The van der Waals surface area contributed by atoms with Gasteiger partial charge in [-0.15, -0.1) is 0 Å². The molecule has 2 nitrogen and oxygen atoms in total. The van der Waals surface area contributed by atoms with Crippen molar-refractivity contribution in [3.05, 3.63) is 34.3 Å². The predicted octanol–water partition coefficient (Wildman–Crippen LogP) is 4.22. The van der Waals surface area contributed by atoms with Crippen LogP contribution in [-0.2, 0) is 0 Å². The number of likely N-dealkylation sites (tertiary alicyclic amines) is 1.